The summed E-state index contributed by atoms with van der Waals surface area (Å²) >= 11 is 1.82. The van der Waals surface area contributed by atoms with E-state index in [2.05, 4.69) is 97.0 Å². The van der Waals surface area contributed by atoms with Crippen LogP contribution in [0.25, 0.3) is 42.9 Å². The predicted octanol–water partition coefficient (Wildman–Crippen LogP) is 10.1. The van der Waals surface area contributed by atoms with Crippen molar-refractivity contribution in [3.63, 3.8) is 0 Å². The number of rotatable bonds is 3. The Hall–Kier alpha value is -2.85. The van der Waals surface area contributed by atoms with E-state index in [1.54, 1.807) is 0 Å². The maximum Gasteiger partial charge on any atom is 0.155 e. The van der Waals surface area contributed by atoms with Crippen LogP contribution in [0, 0.1) is 19.9 Å². The van der Waals surface area contributed by atoms with Crippen LogP contribution in [-0.2, 0) is 30.3 Å². The number of benzene rings is 3. The SMILES string of the molecule is CC(=O)/C=C(/C)O.Cc1cc(C(C)C)c2ccc3c(-c4[c-]c5sc(C)cc5c(C(C)(C)C)c4)nccc3c2c1.[Ir]. The minimum absolute atomic E-state index is 0. The number of allylic oxidation sites excluding steroid dienone is 2. The number of ketones is 1. The van der Waals surface area contributed by atoms with Crippen LogP contribution in [0.4, 0.5) is 0 Å². The Balaban J connectivity index is 0.000000492. The van der Waals surface area contributed by atoms with Gasteiger partial charge in [-0.2, -0.15) is 11.3 Å². The third kappa shape index (κ3) is 6.71. The van der Waals surface area contributed by atoms with Crippen molar-refractivity contribution in [2.75, 3.05) is 0 Å². The van der Waals surface area contributed by atoms with Gasteiger partial charge in [-0.15, -0.1) is 23.3 Å². The van der Waals surface area contributed by atoms with Crippen LogP contribution < -0.4 is 0 Å². The van der Waals surface area contributed by atoms with Crippen LogP contribution in [0.3, 0.4) is 0 Å². The second kappa shape index (κ2) is 12.3. The first kappa shape index (κ1) is 31.7. The summed E-state index contributed by atoms with van der Waals surface area (Å²) in [7, 11) is 0. The molecule has 3 aromatic carbocycles. The van der Waals surface area contributed by atoms with Gasteiger partial charge in [0.1, 0.15) is 0 Å². The van der Waals surface area contributed by atoms with Gasteiger partial charge in [-0.05, 0) is 87.5 Å². The van der Waals surface area contributed by atoms with Crippen LogP contribution in [0.1, 0.15) is 76.0 Å². The summed E-state index contributed by atoms with van der Waals surface area (Å²) in [6, 6.07) is 19.7. The zero-order chi connectivity index (χ0) is 28.6. The number of carbonyl (C=O) groups is 1. The van der Waals surface area contributed by atoms with Crippen molar-refractivity contribution in [2.24, 2.45) is 0 Å². The molecule has 0 fully saturated rings. The number of aromatic nitrogens is 1. The van der Waals surface area contributed by atoms with Gasteiger partial charge in [-0.3, -0.25) is 4.79 Å². The van der Waals surface area contributed by atoms with Gasteiger partial charge in [0.05, 0.1) is 5.76 Å². The molecule has 0 aliphatic rings. The van der Waals surface area contributed by atoms with Crippen LogP contribution in [-0.4, -0.2) is 15.9 Å². The minimum atomic E-state index is -0.125. The standard InChI is InChI=1S/C30H30NS.C5H8O2.Ir/c1-17(2)24-12-18(3)13-25-21(24)8-9-23-22(25)10-11-31-29(23)20-15-27(30(5,6)7)26-14-19(4)32-28(26)16-20;1-4(6)3-5(2)7;/h8-15,17H,1-7H3;3,6H,1-2H3;/q-1;;/b;4-3-;. The molecule has 0 amide bonds. The summed E-state index contributed by atoms with van der Waals surface area (Å²) in [5.74, 6) is 0.427. The molecular weight excluding hydrogens is 691 g/mol. The fourth-order valence-corrected chi connectivity index (χ4v) is 6.14. The molecule has 1 radical (unpaired) electrons. The molecule has 5 aromatic rings. The zero-order valence-corrected chi connectivity index (χ0v) is 28.0. The monoisotopic (exact) mass is 729 g/mol. The van der Waals surface area contributed by atoms with Gasteiger partial charge in [0.2, 0.25) is 0 Å². The van der Waals surface area contributed by atoms with Crippen molar-refractivity contribution in [1.29, 1.82) is 0 Å². The molecule has 0 aliphatic heterocycles. The predicted molar refractivity (Wildman–Crippen MR) is 168 cm³/mol. The number of hydrogen-bond acceptors (Lipinski definition) is 4. The molecular formula is C35H38IrNO2S-. The first-order valence-corrected chi connectivity index (χ1v) is 14.2. The number of aliphatic hydroxyl groups is 1. The Labute approximate surface area is 255 Å². The van der Waals surface area contributed by atoms with Gasteiger partial charge >= 0.3 is 0 Å². The second-order valence-corrected chi connectivity index (χ2v) is 13.0. The fraction of sp³-hybridized carbons (Fsp3) is 0.314. The smallest absolute Gasteiger partial charge is 0.155 e. The van der Waals surface area contributed by atoms with Crippen molar-refractivity contribution in [2.45, 2.75) is 73.6 Å². The average Bonchev–Trinajstić information content (AvgIpc) is 3.21. The number of pyridine rings is 1. The van der Waals surface area contributed by atoms with Gasteiger partial charge in [0.15, 0.2) is 5.78 Å². The molecule has 5 heteroatoms. The summed E-state index contributed by atoms with van der Waals surface area (Å²) < 4.78 is 1.22. The largest absolute Gasteiger partial charge is 0.512 e. The van der Waals surface area contributed by atoms with Crippen molar-refractivity contribution < 1.29 is 30.0 Å². The Kier molecular flexibility index (Phi) is 9.77. The Morgan fingerprint density at radius 2 is 1.62 bits per heavy atom. The van der Waals surface area contributed by atoms with E-state index in [1.807, 2.05) is 17.5 Å². The molecule has 40 heavy (non-hydrogen) atoms. The summed E-state index contributed by atoms with van der Waals surface area (Å²) in [4.78, 5) is 16.2. The van der Waals surface area contributed by atoms with E-state index >= 15 is 0 Å². The van der Waals surface area contributed by atoms with E-state index in [0.717, 1.165) is 11.3 Å². The molecule has 5 rings (SSSR count). The summed E-state index contributed by atoms with van der Waals surface area (Å²) in [5, 5.41) is 14.8. The van der Waals surface area contributed by atoms with E-state index in [9.17, 15) is 4.79 Å². The molecule has 0 saturated carbocycles. The minimum Gasteiger partial charge on any atom is -0.512 e. The molecule has 0 atom stereocenters. The van der Waals surface area contributed by atoms with Gasteiger partial charge in [-0.1, -0.05) is 75.9 Å². The summed E-state index contributed by atoms with van der Waals surface area (Å²) in [5.41, 5.74) is 6.25. The Morgan fingerprint density at radius 1 is 0.950 bits per heavy atom. The van der Waals surface area contributed by atoms with Crippen LogP contribution >= 0.6 is 11.3 Å². The van der Waals surface area contributed by atoms with E-state index in [-0.39, 0.29) is 37.1 Å². The Morgan fingerprint density at radius 3 is 2.20 bits per heavy atom. The topological polar surface area (TPSA) is 50.2 Å². The molecule has 0 spiro atoms. The van der Waals surface area contributed by atoms with Crippen molar-refractivity contribution >= 4 is 48.8 Å². The number of hydrogen-bond donors (Lipinski definition) is 1. The van der Waals surface area contributed by atoms with Crippen LogP contribution in [0.2, 0.25) is 0 Å². The summed E-state index contributed by atoms with van der Waals surface area (Å²) in [6.45, 7) is 18.6. The molecule has 0 unspecified atom stereocenters. The van der Waals surface area contributed by atoms with Crippen molar-refractivity contribution in [3.05, 3.63) is 88.1 Å². The molecule has 211 valence electrons. The third-order valence-electron chi connectivity index (χ3n) is 6.83. The molecule has 0 aliphatic carbocycles. The average molecular weight is 729 g/mol. The Bertz CT molecular complexity index is 1730. The fourth-order valence-electron chi connectivity index (χ4n) is 5.20. The second-order valence-electron chi connectivity index (χ2n) is 11.8. The van der Waals surface area contributed by atoms with E-state index in [0.29, 0.717) is 5.92 Å². The first-order chi connectivity index (χ1) is 18.3. The van der Waals surface area contributed by atoms with Crippen LogP contribution in [0.5, 0.6) is 0 Å². The van der Waals surface area contributed by atoms with Crippen LogP contribution in [0.15, 0.2) is 60.5 Å². The maximum atomic E-state index is 10.0. The molecule has 2 heterocycles. The number of aryl methyl sites for hydroxylation is 2. The van der Waals surface area contributed by atoms with Gasteiger partial charge in [0, 0.05) is 32.4 Å². The number of thiophene rings is 1. The number of fused-ring (bicyclic) bond motifs is 4. The van der Waals surface area contributed by atoms with E-state index in [1.165, 1.54) is 73.1 Å². The maximum absolute atomic E-state index is 10.0. The number of aliphatic hydroxyl groups excluding tert-OH is 1. The number of carbonyl (C=O) groups excluding carboxylic acids is 1. The molecule has 2 aromatic heterocycles. The quantitative estimate of drug-likeness (QED) is 0.0871. The first-order valence-electron chi connectivity index (χ1n) is 13.4. The van der Waals surface area contributed by atoms with Gasteiger partial charge in [0.25, 0.3) is 0 Å². The molecule has 3 nitrogen and oxygen atoms in total. The van der Waals surface area contributed by atoms with E-state index < -0.39 is 0 Å². The van der Waals surface area contributed by atoms with Gasteiger partial charge < -0.3 is 10.1 Å². The zero-order valence-electron chi connectivity index (χ0n) is 24.8. The van der Waals surface area contributed by atoms with Gasteiger partial charge in [-0.25, -0.2) is 0 Å². The van der Waals surface area contributed by atoms with E-state index in [4.69, 9.17) is 10.1 Å². The van der Waals surface area contributed by atoms with Crippen molar-refractivity contribution in [3.8, 4) is 11.3 Å². The summed E-state index contributed by atoms with van der Waals surface area (Å²) in [6.07, 6.45) is 3.13. The molecule has 0 bridgehead atoms. The number of nitrogens with zero attached hydrogens (tertiary/aromatic N) is 1. The molecule has 0 saturated heterocycles. The third-order valence-corrected chi connectivity index (χ3v) is 7.80. The van der Waals surface area contributed by atoms with Crippen molar-refractivity contribution in [1.82, 2.24) is 4.98 Å². The normalized spacial score (nSPS) is 12.0. The molecule has 1 N–H and O–H groups in total.